The van der Waals surface area contributed by atoms with Gasteiger partial charge in [-0.3, -0.25) is 9.79 Å². The number of carbonyl (C=O) groups is 1. The Morgan fingerprint density at radius 2 is 1.77 bits per heavy atom. The highest BCUT2D eigenvalue weighted by Crippen LogP contribution is 2.07. The summed E-state index contributed by atoms with van der Waals surface area (Å²) in [4.78, 5) is 17.6. The number of hydrogen-bond acceptors (Lipinski definition) is 2. The fourth-order valence-corrected chi connectivity index (χ4v) is 2.45. The third-order valence-electron chi connectivity index (χ3n) is 3.94. The lowest BCUT2D eigenvalue weighted by molar-refractivity contribution is 0.0827. The molecule has 0 saturated carbocycles. The third-order valence-corrected chi connectivity index (χ3v) is 3.94. The van der Waals surface area contributed by atoms with Crippen LogP contribution in [-0.4, -0.2) is 44.5 Å². The molecule has 0 radical (unpaired) electrons. The van der Waals surface area contributed by atoms with E-state index in [2.05, 4.69) is 15.6 Å². The van der Waals surface area contributed by atoms with Crippen molar-refractivity contribution in [1.29, 1.82) is 0 Å². The van der Waals surface area contributed by atoms with Gasteiger partial charge < -0.3 is 15.5 Å². The van der Waals surface area contributed by atoms with Gasteiger partial charge in [-0.2, -0.15) is 0 Å². The second-order valence-corrected chi connectivity index (χ2v) is 6.09. The Labute approximate surface area is 153 Å². The number of nitrogens with zero attached hydrogens (tertiary/aromatic N) is 2. The topological polar surface area (TPSA) is 56.7 Å². The van der Waals surface area contributed by atoms with Gasteiger partial charge in [0.15, 0.2) is 5.96 Å². The van der Waals surface area contributed by atoms with Gasteiger partial charge in [0.1, 0.15) is 5.82 Å². The van der Waals surface area contributed by atoms with Crippen molar-refractivity contribution in [2.24, 2.45) is 4.99 Å². The molecule has 5 nitrogen and oxygen atoms in total. The van der Waals surface area contributed by atoms with Crippen molar-refractivity contribution in [2.45, 2.75) is 13.0 Å². The number of nitrogens with one attached hydrogen (secondary N) is 2. The van der Waals surface area contributed by atoms with Crippen LogP contribution in [0.4, 0.5) is 4.39 Å². The zero-order chi connectivity index (χ0) is 18.9. The SMILES string of the molecule is CN=C(NCCc1ccccc1F)NCc1ccc(C(=O)N(C)C)cc1. The maximum atomic E-state index is 13.6. The number of rotatable bonds is 6. The predicted octanol–water partition coefficient (Wildman–Crippen LogP) is 2.44. The van der Waals surface area contributed by atoms with Crippen LogP contribution in [0.2, 0.25) is 0 Å². The predicted molar refractivity (Wildman–Crippen MR) is 103 cm³/mol. The molecular weight excluding hydrogens is 331 g/mol. The Hall–Kier alpha value is -2.89. The van der Waals surface area contributed by atoms with E-state index in [-0.39, 0.29) is 11.7 Å². The third kappa shape index (κ3) is 5.58. The molecular formula is C20H25FN4O. The molecule has 0 aliphatic carbocycles. The summed E-state index contributed by atoms with van der Waals surface area (Å²) in [6.45, 7) is 1.16. The van der Waals surface area contributed by atoms with Gasteiger partial charge in [-0.1, -0.05) is 30.3 Å². The van der Waals surface area contributed by atoms with Crippen molar-refractivity contribution < 1.29 is 9.18 Å². The molecule has 1 amide bonds. The minimum atomic E-state index is -0.190. The molecule has 2 rings (SSSR count). The van der Waals surface area contributed by atoms with Crippen LogP contribution in [0.25, 0.3) is 0 Å². The van der Waals surface area contributed by atoms with E-state index >= 15 is 0 Å². The van der Waals surface area contributed by atoms with Gasteiger partial charge in [-0.15, -0.1) is 0 Å². The number of benzene rings is 2. The van der Waals surface area contributed by atoms with Gasteiger partial charge in [-0.25, -0.2) is 4.39 Å². The van der Waals surface area contributed by atoms with E-state index in [1.165, 1.54) is 6.07 Å². The summed E-state index contributed by atoms with van der Waals surface area (Å²) in [6, 6.07) is 14.2. The Kier molecular flexibility index (Phi) is 7.14. The maximum absolute atomic E-state index is 13.6. The number of hydrogen-bond donors (Lipinski definition) is 2. The first-order valence-electron chi connectivity index (χ1n) is 8.49. The molecule has 0 aliphatic heterocycles. The molecule has 0 spiro atoms. The van der Waals surface area contributed by atoms with Crippen molar-refractivity contribution in [3.63, 3.8) is 0 Å². The molecule has 0 heterocycles. The smallest absolute Gasteiger partial charge is 0.253 e. The Morgan fingerprint density at radius 3 is 2.38 bits per heavy atom. The Morgan fingerprint density at radius 1 is 1.08 bits per heavy atom. The zero-order valence-corrected chi connectivity index (χ0v) is 15.4. The summed E-state index contributed by atoms with van der Waals surface area (Å²) in [6.07, 6.45) is 0.578. The molecule has 0 aliphatic rings. The number of aliphatic imine (C=N–C) groups is 1. The van der Waals surface area contributed by atoms with Crippen LogP contribution in [0.3, 0.4) is 0 Å². The van der Waals surface area contributed by atoms with Gasteiger partial charge in [0, 0.05) is 39.8 Å². The fraction of sp³-hybridized carbons (Fsp3) is 0.300. The maximum Gasteiger partial charge on any atom is 0.253 e. The molecule has 0 unspecified atom stereocenters. The minimum Gasteiger partial charge on any atom is -0.356 e. The summed E-state index contributed by atoms with van der Waals surface area (Å²) < 4.78 is 13.6. The van der Waals surface area contributed by atoms with Crippen LogP contribution < -0.4 is 10.6 Å². The monoisotopic (exact) mass is 356 g/mol. The minimum absolute atomic E-state index is 0.0184. The van der Waals surface area contributed by atoms with Crippen molar-refractivity contribution in [3.05, 3.63) is 71.0 Å². The molecule has 6 heteroatoms. The van der Waals surface area contributed by atoms with Crippen LogP contribution in [0.1, 0.15) is 21.5 Å². The highest BCUT2D eigenvalue weighted by Gasteiger charge is 2.07. The highest BCUT2D eigenvalue weighted by molar-refractivity contribution is 5.93. The molecule has 0 atom stereocenters. The molecule has 0 bridgehead atoms. The standard InChI is InChI=1S/C20H25FN4O/c1-22-20(23-13-12-16-6-4-5-7-18(16)21)24-14-15-8-10-17(11-9-15)19(26)25(2)3/h4-11H,12-14H2,1-3H3,(H2,22,23,24). The molecule has 0 fully saturated rings. The van der Waals surface area contributed by atoms with E-state index in [1.54, 1.807) is 38.2 Å². The molecule has 26 heavy (non-hydrogen) atoms. The van der Waals surface area contributed by atoms with E-state index in [0.29, 0.717) is 36.6 Å². The average Bonchev–Trinajstić information content (AvgIpc) is 2.65. The lowest BCUT2D eigenvalue weighted by atomic mass is 10.1. The number of guanidine groups is 1. The van der Waals surface area contributed by atoms with Gasteiger partial charge in [0.2, 0.25) is 0 Å². The number of amides is 1. The van der Waals surface area contributed by atoms with Gasteiger partial charge in [0.25, 0.3) is 5.91 Å². The largest absolute Gasteiger partial charge is 0.356 e. The second-order valence-electron chi connectivity index (χ2n) is 6.09. The van der Waals surface area contributed by atoms with Crippen molar-refractivity contribution in [3.8, 4) is 0 Å². The first-order valence-corrected chi connectivity index (χ1v) is 8.49. The first-order chi connectivity index (χ1) is 12.5. The van der Waals surface area contributed by atoms with Gasteiger partial charge in [-0.05, 0) is 35.7 Å². The van der Waals surface area contributed by atoms with Crippen molar-refractivity contribution in [2.75, 3.05) is 27.7 Å². The lowest BCUT2D eigenvalue weighted by Crippen LogP contribution is -2.37. The van der Waals surface area contributed by atoms with Crippen LogP contribution in [0, 0.1) is 5.82 Å². The average molecular weight is 356 g/mol. The van der Waals surface area contributed by atoms with Gasteiger partial charge in [0.05, 0.1) is 0 Å². The fourth-order valence-electron chi connectivity index (χ4n) is 2.45. The van der Waals surface area contributed by atoms with E-state index < -0.39 is 0 Å². The summed E-state index contributed by atoms with van der Waals surface area (Å²) in [5, 5.41) is 6.38. The molecule has 2 N–H and O–H groups in total. The molecule has 138 valence electrons. The summed E-state index contributed by atoms with van der Waals surface area (Å²) in [7, 11) is 5.15. The summed E-state index contributed by atoms with van der Waals surface area (Å²) in [5.74, 6) is 0.439. The van der Waals surface area contributed by atoms with Gasteiger partial charge >= 0.3 is 0 Å². The molecule has 0 aromatic heterocycles. The van der Waals surface area contributed by atoms with E-state index in [9.17, 15) is 9.18 Å². The Balaban J connectivity index is 1.81. The first kappa shape index (κ1) is 19.4. The highest BCUT2D eigenvalue weighted by atomic mass is 19.1. The van der Waals surface area contributed by atoms with Crippen LogP contribution in [-0.2, 0) is 13.0 Å². The van der Waals surface area contributed by atoms with E-state index in [4.69, 9.17) is 0 Å². The molecule has 2 aromatic rings. The van der Waals surface area contributed by atoms with Crippen LogP contribution in [0.5, 0.6) is 0 Å². The summed E-state index contributed by atoms with van der Waals surface area (Å²) >= 11 is 0. The quantitative estimate of drug-likeness (QED) is 0.617. The van der Waals surface area contributed by atoms with E-state index in [0.717, 1.165) is 5.56 Å². The molecule has 0 saturated heterocycles. The van der Waals surface area contributed by atoms with E-state index in [1.807, 2.05) is 30.3 Å². The summed E-state index contributed by atoms with van der Waals surface area (Å²) in [5.41, 5.74) is 2.38. The van der Waals surface area contributed by atoms with Crippen LogP contribution >= 0.6 is 0 Å². The molecule has 2 aromatic carbocycles. The zero-order valence-electron chi connectivity index (χ0n) is 15.4. The van der Waals surface area contributed by atoms with Crippen LogP contribution in [0.15, 0.2) is 53.5 Å². The normalized spacial score (nSPS) is 11.2. The number of halogens is 1. The van der Waals surface area contributed by atoms with Crippen molar-refractivity contribution >= 4 is 11.9 Å². The Bertz CT molecular complexity index is 757. The lowest BCUT2D eigenvalue weighted by Gasteiger charge is -2.13. The second kappa shape index (κ2) is 9.56. The number of carbonyl (C=O) groups excluding carboxylic acids is 1. The van der Waals surface area contributed by atoms with Crippen molar-refractivity contribution in [1.82, 2.24) is 15.5 Å².